The molecule has 224 valence electrons. The van der Waals surface area contributed by atoms with E-state index >= 15 is 0 Å². The van der Waals surface area contributed by atoms with Crippen molar-refractivity contribution in [2.24, 2.45) is 0 Å². The molecule has 11 nitrogen and oxygen atoms in total. The molecule has 0 atom stereocenters. The molecule has 0 heterocycles. The Kier molecular flexibility index (Phi) is 11.3. The molecule has 0 aromatic rings. The van der Waals surface area contributed by atoms with Crippen molar-refractivity contribution in [1.82, 2.24) is 10.6 Å². The van der Waals surface area contributed by atoms with Crippen LogP contribution in [-0.2, 0) is 33.3 Å². The zero-order valence-electron chi connectivity index (χ0n) is 24.1. The minimum absolute atomic E-state index is 0.0884. The molecule has 2 amide bonds. The summed E-state index contributed by atoms with van der Waals surface area (Å²) in [6.45, 7) is 10.2. The fourth-order valence-electron chi connectivity index (χ4n) is 4.15. The van der Waals surface area contributed by atoms with E-state index in [0.717, 1.165) is 7.11 Å². The van der Waals surface area contributed by atoms with E-state index in [1.165, 1.54) is 7.11 Å². The third-order valence-corrected chi connectivity index (χ3v) is 6.13. The smallest absolute Gasteiger partial charge is 0.408 e. The van der Waals surface area contributed by atoms with E-state index in [-0.39, 0.29) is 44.3 Å². The summed E-state index contributed by atoms with van der Waals surface area (Å²) in [6.07, 6.45) is -1.78. The molecule has 0 saturated heterocycles. The zero-order chi connectivity index (χ0) is 30.3. The van der Waals surface area contributed by atoms with Crippen molar-refractivity contribution in [1.29, 1.82) is 0 Å². The lowest BCUT2D eigenvalue weighted by Gasteiger charge is -2.38. The lowest BCUT2D eigenvalue weighted by atomic mass is 9.80. The molecule has 2 rings (SSSR count). The Morgan fingerprint density at radius 2 is 1.00 bits per heavy atom. The van der Waals surface area contributed by atoms with E-state index in [1.54, 1.807) is 41.5 Å². The molecule has 2 aliphatic rings. The average Bonchev–Trinajstić information content (AvgIpc) is 2.79. The van der Waals surface area contributed by atoms with Crippen LogP contribution in [0.4, 0.5) is 18.4 Å². The average molecular weight is 565 g/mol. The third kappa shape index (κ3) is 11.0. The first-order valence-electron chi connectivity index (χ1n) is 12.8. The van der Waals surface area contributed by atoms with Crippen molar-refractivity contribution >= 4 is 29.9 Å². The van der Waals surface area contributed by atoms with Crippen LogP contribution in [0.1, 0.15) is 92.9 Å². The number of hydrogen-bond acceptors (Lipinski definition) is 9. The van der Waals surface area contributed by atoms with Gasteiger partial charge in [0.2, 0.25) is 5.92 Å². The molecule has 2 fully saturated rings. The molecule has 0 bridgehead atoms. The number of alkyl carbamates (subject to hydrolysis) is 2. The van der Waals surface area contributed by atoms with Gasteiger partial charge in [0.1, 0.15) is 28.1 Å². The Labute approximate surface area is 228 Å². The van der Waals surface area contributed by atoms with Gasteiger partial charge in [0, 0.05) is 25.7 Å². The van der Waals surface area contributed by atoms with Crippen molar-refractivity contribution in [3.63, 3.8) is 0 Å². The van der Waals surface area contributed by atoms with Gasteiger partial charge < -0.3 is 29.6 Å². The van der Waals surface area contributed by atoms with Gasteiger partial charge in [-0.05, 0) is 67.2 Å². The monoisotopic (exact) mass is 564 g/mol. The largest absolute Gasteiger partial charge is 0.467 e. The Morgan fingerprint density at radius 1 is 0.667 bits per heavy atom. The Bertz CT molecular complexity index is 903. The van der Waals surface area contributed by atoms with Gasteiger partial charge >= 0.3 is 24.1 Å². The van der Waals surface area contributed by atoms with E-state index < -0.39 is 65.2 Å². The predicted octanol–water partition coefficient (Wildman–Crippen LogP) is 4.20. The predicted molar refractivity (Wildman–Crippen MR) is 135 cm³/mol. The first kappa shape index (κ1) is 34.0. The number of carbonyl (C=O) groups excluding carboxylic acids is 5. The Balaban J connectivity index is 0.000000391. The summed E-state index contributed by atoms with van der Waals surface area (Å²) in [7, 11) is 2.42. The normalized spacial score (nSPS) is 19.8. The van der Waals surface area contributed by atoms with Crippen LogP contribution in [0.3, 0.4) is 0 Å². The van der Waals surface area contributed by atoms with Crippen molar-refractivity contribution in [3.8, 4) is 0 Å². The van der Waals surface area contributed by atoms with Crippen LogP contribution in [0.15, 0.2) is 0 Å². The summed E-state index contributed by atoms with van der Waals surface area (Å²) in [5.74, 6) is -3.98. The number of esters is 2. The van der Waals surface area contributed by atoms with E-state index in [0.29, 0.717) is 0 Å². The van der Waals surface area contributed by atoms with Crippen LogP contribution in [0, 0.1) is 0 Å². The Morgan fingerprint density at radius 3 is 1.31 bits per heavy atom. The van der Waals surface area contributed by atoms with Gasteiger partial charge in [-0.2, -0.15) is 0 Å². The van der Waals surface area contributed by atoms with Crippen LogP contribution in [0.2, 0.25) is 0 Å². The van der Waals surface area contributed by atoms with Crippen molar-refractivity contribution in [2.75, 3.05) is 14.2 Å². The zero-order valence-corrected chi connectivity index (χ0v) is 24.1. The van der Waals surface area contributed by atoms with E-state index in [4.69, 9.17) is 14.2 Å². The second-order valence-electron chi connectivity index (χ2n) is 11.8. The van der Waals surface area contributed by atoms with Gasteiger partial charge in [0.05, 0.1) is 14.2 Å². The van der Waals surface area contributed by atoms with Gasteiger partial charge in [0.15, 0.2) is 0 Å². The van der Waals surface area contributed by atoms with Gasteiger partial charge in [-0.3, -0.25) is 4.79 Å². The number of nitrogens with one attached hydrogen (secondary N) is 2. The Hall–Kier alpha value is -2.99. The fraction of sp³-hybridized carbons (Fsp3) is 0.808. The van der Waals surface area contributed by atoms with Crippen molar-refractivity contribution in [2.45, 2.75) is 121 Å². The highest BCUT2D eigenvalue weighted by molar-refractivity contribution is 5.90. The highest BCUT2D eigenvalue weighted by Gasteiger charge is 2.50. The number of methoxy groups -OCH3 is 2. The highest BCUT2D eigenvalue weighted by Crippen LogP contribution is 2.39. The number of ether oxygens (including phenoxy) is 4. The first-order chi connectivity index (χ1) is 17.7. The standard InChI is InChI=1S/C13H21F2NO4.C13H21NO5/c1-11(2,3)20-10(18)16-12(9(17)19-4)5-7-13(14,15)8-6-12;1-12(2,3)19-11(17)14-13(10(16)18-4)7-5-9(15)6-8-13/h5-8H2,1-4H3,(H,16,18);5-8H2,1-4H3,(H,14,17). The molecule has 0 aromatic heterocycles. The van der Waals surface area contributed by atoms with E-state index in [9.17, 15) is 32.8 Å². The molecule has 2 aliphatic carbocycles. The van der Waals surface area contributed by atoms with Crippen LogP contribution in [0.5, 0.6) is 0 Å². The SMILES string of the molecule is COC(=O)C1(NC(=O)OC(C)(C)C)CCC(=O)CC1.COC(=O)C1(NC(=O)OC(C)(C)C)CCC(F)(F)CC1. The summed E-state index contributed by atoms with van der Waals surface area (Å²) in [4.78, 5) is 58.6. The first-order valence-corrected chi connectivity index (χ1v) is 12.8. The number of ketones is 1. The second kappa shape index (κ2) is 12.9. The van der Waals surface area contributed by atoms with Gasteiger partial charge in [-0.15, -0.1) is 0 Å². The van der Waals surface area contributed by atoms with Crippen molar-refractivity contribution in [3.05, 3.63) is 0 Å². The lowest BCUT2D eigenvalue weighted by Crippen LogP contribution is -2.58. The van der Waals surface area contributed by atoms with Crippen LogP contribution in [-0.4, -0.2) is 72.3 Å². The maximum absolute atomic E-state index is 13.2. The molecule has 0 radical (unpaired) electrons. The minimum atomic E-state index is -2.81. The van der Waals surface area contributed by atoms with Crippen molar-refractivity contribution < 1.29 is 51.7 Å². The molecular weight excluding hydrogens is 522 g/mol. The molecule has 13 heteroatoms. The molecular formula is C26H42F2N2O9. The number of halogens is 2. The minimum Gasteiger partial charge on any atom is -0.467 e. The number of rotatable bonds is 4. The number of carbonyl (C=O) groups is 5. The van der Waals surface area contributed by atoms with Crippen LogP contribution < -0.4 is 10.6 Å². The quantitative estimate of drug-likeness (QED) is 0.379. The molecule has 0 aromatic carbocycles. The second-order valence-corrected chi connectivity index (χ2v) is 11.8. The summed E-state index contributed by atoms with van der Waals surface area (Å²) in [5.41, 5.74) is -3.96. The number of Topliss-reactive ketones (excluding diaryl/α,β-unsaturated/α-hetero) is 1. The van der Waals surface area contributed by atoms with Gasteiger partial charge in [0.25, 0.3) is 0 Å². The molecule has 0 unspecified atom stereocenters. The maximum atomic E-state index is 13.2. The maximum Gasteiger partial charge on any atom is 0.408 e. The van der Waals surface area contributed by atoms with Crippen LogP contribution >= 0.6 is 0 Å². The summed E-state index contributed by atoms with van der Waals surface area (Å²) in [6, 6.07) is 0. The summed E-state index contributed by atoms with van der Waals surface area (Å²) >= 11 is 0. The van der Waals surface area contributed by atoms with E-state index in [2.05, 4.69) is 15.4 Å². The van der Waals surface area contributed by atoms with Gasteiger partial charge in [-0.25, -0.2) is 28.0 Å². The highest BCUT2D eigenvalue weighted by atomic mass is 19.3. The summed E-state index contributed by atoms with van der Waals surface area (Å²) < 4.78 is 46.0. The topological polar surface area (TPSA) is 146 Å². The lowest BCUT2D eigenvalue weighted by molar-refractivity contribution is -0.154. The van der Waals surface area contributed by atoms with Gasteiger partial charge in [-0.1, -0.05) is 0 Å². The molecule has 39 heavy (non-hydrogen) atoms. The number of hydrogen-bond donors (Lipinski definition) is 2. The number of alkyl halides is 2. The molecule has 2 N–H and O–H groups in total. The molecule has 0 aliphatic heterocycles. The van der Waals surface area contributed by atoms with Crippen LogP contribution in [0.25, 0.3) is 0 Å². The molecule has 2 saturated carbocycles. The number of amides is 2. The van der Waals surface area contributed by atoms with E-state index in [1.807, 2.05) is 0 Å². The fourth-order valence-corrected chi connectivity index (χ4v) is 4.15. The summed E-state index contributed by atoms with van der Waals surface area (Å²) in [5, 5.41) is 4.98. The third-order valence-electron chi connectivity index (χ3n) is 6.13. The molecule has 0 spiro atoms.